The first-order valence-electron chi connectivity index (χ1n) is 23.9. The highest BCUT2D eigenvalue weighted by Gasteiger charge is 2.47. The maximum absolute atomic E-state index is 14.6. The van der Waals surface area contributed by atoms with Gasteiger partial charge in [-0.2, -0.15) is 36.9 Å². The summed E-state index contributed by atoms with van der Waals surface area (Å²) in [7, 11) is 1.94. The van der Waals surface area contributed by atoms with E-state index in [1.807, 2.05) is 19.2 Å². The molecule has 5 aromatic carbocycles. The number of urea groups is 2. The van der Waals surface area contributed by atoms with E-state index in [1.54, 1.807) is 36.4 Å². The van der Waals surface area contributed by atoms with Crippen LogP contribution < -0.4 is 25.5 Å². The largest absolute Gasteiger partial charge is 0.545 e. The third-order valence-electron chi connectivity index (χ3n) is 14.0. The Morgan fingerprint density at radius 2 is 1.04 bits per heavy atom. The highest BCUT2D eigenvalue weighted by molar-refractivity contribution is 6.08. The van der Waals surface area contributed by atoms with Gasteiger partial charge < -0.3 is 34.8 Å². The Hall–Kier alpha value is -8.95. The van der Waals surface area contributed by atoms with Crippen molar-refractivity contribution in [3.63, 3.8) is 0 Å². The number of carboxylic acid groups (broad SMARTS) is 1. The van der Waals surface area contributed by atoms with E-state index >= 15 is 0 Å². The number of nitriles is 2. The topological polar surface area (TPSA) is 193 Å². The SMILES string of the molecule is C[N+](CCCN1CC2=C(C1=O)[C@@H](c1ccc(C#N)cc1)NC(=O)N2c1cccc(C(F)(F)F)c1)(CCCN1CC2=C(C1=O)[C@@H](c1ccc(C#N)cc1)NC(=O)N2c1cccc(C(F)(F)F)c1)Cc1ccc(C(=O)[O-])cc1. The third kappa shape index (κ3) is 10.4. The van der Waals surface area contributed by atoms with Crippen molar-refractivity contribution in [3.05, 3.63) is 188 Å². The number of nitrogens with zero attached hydrogens (tertiary/aromatic N) is 7. The molecule has 0 aliphatic carbocycles. The number of hydrogen-bond donors (Lipinski definition) is 2. The second-order valence-electron chi connectivity index (χ2n) is 19.1. The van der Waals surface area contributed by atoms with Crippen LogP contribution >= 0.6 is 0 Å². The maximum Gasteiger partial charge on any atom is 0.416 e. The van der Waals surface area contributed by atoms with Crippen molar-refractivity contribution < 1.29 is 59.9 Å². The monoisotopic (exact) mass is 1040 g/mol. The summed E-state index contributed by atoms with van der Waals surface area (Å²) in [6, 6.07) is 27.5. The van der Waals surface area contributed by atoms with Crippen LogP contribution in [0.1, 0.15) is 74.2 Å². The maximum atomic E-state index is 14.6. The average molecular weight is 1040 g/mol. The number of anilines is 2. The predicted molar refractivity (Wildman–Crippen MR) is 260 cm³/mol. The van der Waals surface area contributed by atoms with E-state index in [4.69, 9.17) is 0 Å². The molecule has 0 radical (unpaired) electrons. The van der Waals surface area contributed by atoms with E-state index in [0.29, 0.717) is 54.7 Å². The van der Waals surface area contributed by atoms with E-state index in [2.05, 4.69) is 10.6 Å². The molecule has 5 aromatic rings. The number of carboxylic acids is 1. The molecular weight excluding hydrogens is 997 g/mol. The minimum atomic E-state index is -4.73. The van der Waals surface area contributed by atoms with Crippen LogP contribution in [0.3, 0.4) is 0 Å². The molecule has 2 atom stereocenters. The van der Waals surface area contributed by atoms with Crippen LogP contribution in [0.5, 0.6) is 0 Å². The number of amides is 6. The van der Waals surface area contributed by atoms with Crippen molar-refractivity contribution in [1.82, 2.24) is 20.4 Å². The van der Waals surface area contributed by atoms with Gasteiger partial charge in [0.05, 0.1) is 120 Å². The van der Waals surface area contributed by atoms with Gasteiger partial charge in [-0.05, 0) is 77.4 Å². The highest BCUT2D eigenvalue weighted by atomic mass is 19.4. The molecule has 0 spiro atoms. The van der Waals surface area contributed by atoms with E-state index in [1.165, 1.54) is 70.5 Å². The van der Waals surface area contributed by atoms with Gasteiger partial charge in [0.1, 0.15) is 6.54 Å². The Kier molecular flexibility index (Phi) is 13.9. The van der Waals surface area contributed by atoms with Crippen molar-refractivity contribution >= 4 is 41.2 Å². The lowest BCUT2D eigenvalue weighted by atomic mass is 9.94. The first-order chi connectivity index (χ1) is 36.2. The normalized spacial score (nSPS) is 17.9. The predicted octanol–water partition coefficient (Wildman–Crippen LogP) is 7.69. The fraction of sp³-hybridized carbons (Fsp3) is 0.255. The molecule has 0 unspecified atom stereocenters. The van der Waals surface area contributed by atoms with Gasteiger partial charge in [-0.3, -0.25) is 19.4 Å². The Labute approximate surface area is 431 Å². The van der Waals surface area contributed by atoms with Crippen LogP contribution in [0.2, 0.25) is 0 Å². The van der Waals surface area contributed by atoms with Crippen LogP contribution in [0.15, 0.2) is 144 Å². The summed E-state index contributed by atoms with van der Waals surface area (Å²) in [4.78, 5) is 73.7. The van der Waals surface area contributed by atoms with E-state index in [0.717, 1.165) is 39.6 Å². The molecule has 4 aliphatic rings. The minimum absolute atomic E-state index is 0.0381. The summed E-state index contributed by atoms with van der Waals surface area (Å²) in [5, 5.41) is 36.0. The molecule has 4 heterocycles. The average Bonchev–Trinajstić information content (AvgIpc) is 3.91. The van der Waals surface area contributed by atoms with Crippen LogP contribution in [0.4, 0.5) is 47.3 Å². The molecule has 2 N–H and O–H groups in total. The van der Waals surface area contributed by atoms with Crippen LogP contribution in [0.25, 0.3) is 0 Å². The first-order valence-corrected chi connectivity index (χ1v) is 23.9. The van der Waals surface area contributed by atoms with Crippen molar-refractivity contribution in [2.75, 3.05) is 56.1 Å². The molecule has 0 bridgehead atoms. The molecule has 4 aliphatic heterocycles. The quantitative estimate of drug-likeness (QED) is 0.0787. The van der Waals surface area contributed by atoms with E-state index < -0.39 is 65.4 Å². The molecular formula is C55H45F6N9O6. The number of benzene rings is 5. The van der Waals surface area contributed by atoms with Crippen molar-refractivity contribution in [2.24, 2.45) is 0 Å². The lowest BCUT2D eigenvalue weighted by Gasteiger charge is -2.36. The molecule has 0 saturated heterocycles. The van der Waals surface area contributed by atoms with Crippen LogP contribution in [0, 0.1) is 22.7 Å². The standard InChI is InChI=1S/C55H45F6N9O6/c1-70(32-35-14-20-38(21-15-35)51(73)74,24-4-22-66-30-43-45(49(66)71)47(36-16-10-33(28-62)11-17-36)64-52(75)68(43)41-8-2-6-39(26-41)54(56,57)58)25-5-23-67-31-44-46(50(67)72)48(37-18-12-34(29-63)13-19-37)65-53(76)69(44)42-9-3-7-40(27-42)55(59,60)61/h2-3,6-21,26-27,47-48H,4-5,22-25,30-32H2,1H3,(H2-,64,65,73,74,75,76)/t47-,48-/m1/s1. The number of nitrogens with one attached hydrogen (secondary N) is 2. The number of carbonyl (C=O) groups is 5. The summed E-state index contributed by atoms with van der Waals surface area (Å²) in [5.41, 5.74) is 0.742. The zero-order valence-corrected chi connectivity index (χ0v) is 40.4. The fourth-order valence-electron chi connectivity index (χ4n) is 10.3. The van der Waals surface area contributed by atoms with Crippen LogP contribution in [-0.2, 0) is 28.5 Å². The third-order valence-corrected chi connectivity index (χ3v) is 14.0. The summed E-state index contributed by atoms with van der Waals surface area (Å²) in [6.45, 7) is 1.09. The number of aromatic carboxylic acids is 1. The number of rotatable bonds is 15. The van der Waals surface area contributed by atoms with Crippen molar-refractivity contribution in [3.8, 4) is 12.1 Å². The summed E-state index contributed by atoms with van der Waals surface area (Å²) < 4.78 is 83.9. The molecule has 21 heteroatoms. The lowest BCUT2D eigenvalue weighted by molar-refractivity contribution is -0.922. The zero-order chi connectivity index (χ0) is 54.3. The van der Waals surface area contributed by atoms with E-state index in [9.17, 15) is 65.9 Å². The minimum Gasteiger partial charge on any atom is -0.545 e. The van der Waals surface area contributed by atoms with Crippen molar-refractivity contribution in [2.45, 2.75) is 43.8 Å². The molecule has 9 rings (SSSR count). The smallest absolute Gasteiger partial charge is 0.416 e. The Morgan fingerprint density at radius 1 is 0.632 bits per heavy atom. The Morgan fingerprint density at radius 3 is 1.41 bits per heavy atom. The number of halogens is 6. The van der Waals surface area contributed by atoms with Crippen molar-refractivity contribution in [1.29, 1.82) is 10.5 Å². The molecule has 0 saturated carbocycles. The molecule has 15 nitrogen and oxygen atoms in total. The van der Waals surface area contributed by atoms with Gasteiger partial charge >= 0.3 is 24.4 Å². The van der Waals surface area contributed by atoms with Crippen LogP contribution in [-0.4, -0.2) is 90.4 Å². The van der Waals surface area contributed by atoms with E-state index in [-0.39, 0.29) is 70.1 Å². The van der Waals surface area contributed by atoms with Gasteiger partial charge in [-0.15, -0.1) is 0 Å². The van der Waals surface area contributed by atoms with Gasteiger partial charge in [0.25, 0.3) is 11.8 Å². The Balaban J connectivity index is 0.960. The second kappa shape index (κ2) is 20.4. The summed E-state index contributed by atoms with van der Waals surface area (Å²) in [5.74, 6) is -2.30. The summed E-state index contributed by atoms with van der Waals surface area (Å²) >= 11 is 0. The number of alkyl halides is 6. The molecule has 0 aromatic heterocycles. The van der Waals surface area contributed by atoms with Gasteiger partial charge in [-0.25, -0.2) is 9.59 Å². The van der Waals surface area contributed by atoms with Gasteiger partial charge in [0, 0.05) is 31.5 Å². The zero-order valence-electron chi connectivity index (χ0n) is 40.4. The second-order valence-corrected chi connectivity index (χ2v) is 19.1. The highest BCUT2D eigenvalue weighted by Crippen LogP contribution is 2.42. The number of carbonyl (C=O) groups excluding carboxylic acids is 5. The lowest BCUT2D eigenvalue weighted by Crippen LogP contribution is -2.47. The molecule has 76 heavy (non-hydrogen) atoms. The van der Waals surface area contributed by atoms with Gasteiger partial charge in [-0.1, -0.05) is 60.7 Å². The fourth-order valence-corrected chi connectivity index (χ4v) is 10.3. The Bertz CT molecular complexity index is 3120. The number of hydrogen-bond acceptors (Lipinski definition) is 8. The summed E-state index contributed by atoms with van der Waals surface area (Å²) in [6.07, 6.45) is -8.77. The molecule has 388 valence electrons. The van der Waals surface area contributed by atoms with Gasteiger partial charge in [0.2, 0.25) is 0 Å². The first kappa shape index (κ1) is 51.9. The number of quaternary nitrogens is 1. The molecule has 0 fully saturated rings. The van der Waals surface area contributed by atoms with Gasteiger partial charge in [0.15, 0.2) is 0 Å². The molecule has 6 amide bonds.